The topological polar surface area (TPSA) is 88.4 Å². The first-order chi connectivity index (χ1) is 15.0. The summed E-state index contributed by atoms with van der Waals surface area (Å²) in [6.45, 7) is 1.38. The zero-order valence-electron chi connectivity index (χ0n) is 16.4. The molecule has 0 fully saturated rings. The van der Waals surface area contributed by atoms with Gasteiger partial charge in [0.05, 0.1) is 22.2 Å². The molecule has 0 radical (unpaired) electrons. The Balaban J connectivity index is 2.21. The van der Waals surface area contributed by atoms with E-state index in [0.717, 1.165) is 24.3 Å². The molecule has 0 aliphatic carbocycles. The van der Waals surface area contributed by atoms with Crippen molar-refractivity contribution in [3.63, 3.8) is 0 Å². The lowest BCUT2D eigenvalue weighted by atomic mass is 10.1. The normalized spacial score (nSPS) is 11.5. The maximum Gasteiger partial charge on any atom is 0.416 e. The molecular formula is C21H15Cl2F3N2O4. The largest absolute Gasteiger partial charge is 0.479 e. The molecule has 0 aliphatic heterocycles. The number of rotatable bonds is 7. The van der Waals surface area contributed by atoms with Gasteiger partial charge in [0.2, 0.25) is 0 Å². The summed E-state index contributed by atoms with van der Waals surface area (Å²) in [5.74, 6) is -1.55. The van der Waals surface area contributed by atoms with Crippen LogP contribution >= 0.6 is 23.2 Å². The molecule has 1 N–H and O–H groups in total. The first-order valence-corrected chi connectivity index (χ1v) is 9.68. The Kier molecular flexibility index (Phi) is 8.52. The van der Waals surface area contributed by atoms with Crippen molar-refractivity contribution in [2.45, 2.75) is 13.1 Å². The van der Waals surface area contributed by atoms with E-state index in [-0.39, 0.29) is 33.7 Å². The van der Waals surface area contributed by atoms with Crippen LogP contribution in [0.5, 0.6) is 5.75 Å². The van der Waals surface area contributed by atoms with Crippen molar-refractivity contribution in [3.8, 4) is 11.8 Å². The molecule has 2 aromatic carbocycles. The summed E-state index contributed by atoms with van der Waals surface area (Å²) in [5.41, 5.74) is -1.24. The second-order valence-corrected chi connectivity index (χ2v) is 6.92. The number of anilines is 1. The fourth-order valence-corrected chi connectivity index (χ4v) is 3.03. The molecule has 0 saturated carbocycles. The maximum atomic E-state index is 12.8. The zero-order chi connectivity index (χ0) is 23.9. The summed E-state index contributed by atoms with van der Waals surface area (Å²) < 4.78 is 48.4. The van der Waals surface area contributed by atoms with E-state index in [0.29, 0.717) is 0 Å². The number of esters is 1. The highest BCUT2D eigenvalue weighted by Crippen LogP contribution is 2.35. The smallest absolute Gasteiger partial charge is 0.416 e. The van der Waals surface area contributed by atoms with Crippen LogP contribution in [-0.4, -0.2) is 25.1 Å². The molecule has 168 valence electrons. The number of nitrogens with zero attached hydrogens (tertiary/aromatic N) is 1. The van der Waals surface area contributed by atoms with Gasteiger partial charge in [-0.2, -0.15) is 18.4 Å². The maximum absolute atomic E-state index is 12.8. The van der Waals surface area contributed by atoms with Crippen molar-refractivity contribution in [1.29, 1.82) is 5.26 Å². The zero-order valence-corrected chi connectivity index (χ0v) is 17.9. The van der Waals surface area contributed by atoms with Crippen LogP contribution < -0.4 is 10.1 Å². The van der Waals surface area contributed by atoms with Crippen LogP contribution in [0, 0.1) is 11.3 Å². The highest BCUT2D eigenvalue weighted by Gasteiger charge is 2.30. The van der Waals surface area contributed by atoms with Gasteiger partial charge in [-0.05, 0) is 48.9 Å². The van der Waals surface area contributed by atoms with Gasteiger partial charge in [-0.25, -0.2) is 4.79 Å². The summed E-state index contributed by atoms with van der Waals surface area (Å²) in [4.78, 5) is 23.8. The van der Waals surface area contributed by atoms with Gasteiger partial charge in [0.25, 0.3) is 5.91 Å². The molecule has 0 spiro atoms. The number of nitriles is 1. The first-order valence-electron chi connectivity index (χ1n) is 8.93. The van der Waals surface area contributed by atoms with E-state index in [4.69, 9.17) is 32.7 Å². The molecule has 0 aromatic heterocycles. The van der Waals surface area contributed by atoms with Crippen LogP contribution in [0.1, 0.15) is 18.1 Å². The molecule has 0 aliphatic rings. The lowest BCUT2D eigenvalue weighted by Crippen LogP contribution is -2.15. The number of carbonyl (C=O) groups is 2. The Hall–Kier alpha value is -3.22. The molecular weight excluding hydrogens is 472 g/mol. The van der Waals surface area contributed by atoms with Crippen LogP contribution in [0.25, 0.3) is 6.08 Å². The second kappa shape index (κ2) is 10.9. The second-order valence-electron chi connectivity index (χ2n) is 6.11. The Bertz CT molecular complexity index is 1070. The number of carbonyl (C=O) groups excluding carboxylic acids is 2. The van der Waals surface area contributed by atoms with E-state index in [2.05, 4.69) is 5.32 Å². The number of alkyl halides is 3. The minimum absolute atomic E-state index is 0.00336. The molecule has 0 saturated heterocycles. The van der Waals surface area contributed by atoms with Gasteiger partial charge in [0.1, 0.15) is 11.6 Å². The molecule has 6 nitrogen and oxygen atoms in total. The van der Waals surface area contributed by atoms with E-state index < -0.39 is 35.8 Å². The fraction of sp³-hybridized carbons (Fsp3) is 0.190. The number of amides is 1. The summed E-state index contributed by atoms with van der Waals surface area (Å²) in [7, 11) is 0. The average Bonchev–Trinajstić information content (AvgIpc) is 2.71. The molecule has 1 amide bonds. The van der Waals surface area contributed by atoms with Gasteiger partial charge in [0, 0.05) is 5.69 Å². The summed E-state index contributed by atoms with van der Waals surface area (Å²) >= 11 is 12.2. The Labute approximate surface area is 191 Å². The van der Waals surface area contributed by atoms with Crippen LogP contribution in [0.4, 0.5) is 18.9 Å². The van der Waals surface area contributed by atoms with Crippen molar-refractivity contribution in [2.24, 2.45) is 0 Å². The van der Waals surface area contributed by atoms with Crippen molar-refractivity contribution in [2.75, 3.05) is 18.5 Å². The average molecular weight is 487 g/mol. The van der Waals surface area contributed by atoms with Crippen molar-refractivity contribution in [3.05, 3.63) is 63.1 Å². The van der Waals surface area contributed by atoms with Crippen molar-refractivity contribution >= 4 is 46.8 Å². The lowest BCUT2D eigenvalue weighted by Gasteiger charge is -2.11. The predicted molar refractivity (Wildman–Crippen MR) is 112 cm³/mol. The number of ether oxygens (including phenoxy) is 2. The summed E-state index contributed by atoms with van der Waals surface area (Å²) in [6, 6.07) is 8.33. The number of hydrogen-bond donors (Lipinski definition) is 1. The molecule has 32 heavy (non-hydrogen) atoms. The van der Waals surface area contributed by atoms with Gasteiger partial charge in [-0.15, -0.1) is 0 Å². The van der Waals surface area contributed by atoms with Gasteiger partial charge < -0.3 is 14.8 Å². The van der Waals surface area contributed by atoms with E-state index in [9.17, 15) is 28.0 Å². The van der Waals surface area contributed by atoms with Gasteiger partial charge >= 0.3 is 12.1 Å². The van der Waals surface area contributed by atoms with E-state index in [1.807, 2.05) is 0 Å². The number of hydrogen-bond acceptors (Lipinski definition) is 5. The van der Waals surface area contributed by atoms with Crippen molar-refractivity contribution in [1.82, 2.24) is 0 Å². The molecule has 11 heteroatoms. The van der Waals surface area contributed by atoms with Gasteiger partial charge in [0.15, 0.2) is 12.4 Å². The molecule has 2 rings (SSSR count). The van der Waals surface area contributed by atoms with Gasteiger partial charge in [-0.1, -0.05) is 29.3 Å². The molecule has 2 aromatic rings. The standard InChI is InChI=1S/C21H15Cl2F3N2O4/c1-2-31-18(29)11-32-19-16(22)7-12(8-17(19)23)6-13(10-27)20(30)28-15-5-3-4-14(9-15)21(24,25)26/h3-9H,2,11H2,1H3,(H,28,30)/b13-6-. The third-order valence-electron chi connectivity index (χ3n) is 3.78. The quantitative estimate of drug-likeness (QED) is 0.317. The third kappa shape index (κ3) is 6.90. The summed E-state index contributed by atoms with van der Waals surface area (Å²) in [6.07, 6.45) is -3.44. The van der Waals surface area contributed by atoms with Gasteiger partial charge in [-0.3, -0.25) is 4.79 Å². The van der Waals surface area contributed by atoms with Crippen LogP contribution in [0.15, 0.2) is 42.0 Å². The van der Waals surface area contributed by atoms with E-state index >= 15 is 0 Å². The summed E-state index contributed by atoms with van der Waals surface area (Å²) in [5, 5.41) is 11.6. The highest BCUT2D eigenvalue weighted by atomic mass is 35.5. The molecule has 0 heterocycles. The molecule has 0 atom stereocenters. The SMILES string of the molecule is CCOC(=O)COc1c(Cl)cc(/C=C(/C#N)C(=O)Nc2cccc(C(F)(F)F)c2)cc1Cl. The molecule has 0 bridgehead atoms. The van der Waals surface area contributed by atoms with E-state index in [1.165, 1.54) is 18.2 Å². The van der Waals surface area contributed by atoms with E-state index in [1.54, 1.807) is 13.0 Å². The van der Waals surface area contributed by atoms with Crippen molar-refractivity contribution < 1.29 is 32.2 Å². The Morgan fingerprint density at radius 2 is 1.84 bits per heavy atom. The number of nitrogens with one attached hydrogen (secondary N) is 1. The third-order valence-corrected chi connectivity index (χ3v) is 4.35. The number of benzene rings is 2. The monoisotopic (exact) mass is 486 g/mol. The predicted octanol–water partition coefficient (Wildman–Crippen LogP) is 5.50. The first kappa shape index (κ1) is 25.0. The molecule has 0 unspecified atom stereocenters. The highest BCUT2D eigenvalue weighted by molar-refractivity contribution is 6.37. The van der Waals surface area contributed by atoms with Crippen LogP contribution in [0.3, 0.4) is 0 Å². The Morgan fingerprint density at radius 1 is 1.19 bits per heavy atom. The van der Waals surface area contributed by atoms with Crippen LogP contribution in [0.2, 0.25) is 10.0 Å². The minimum atomic E-state index is -4.58. The lowest BCUT2D eigenvalue weighted by molar-refractivity contribution is -0.145. The minimum Gasteiger partial charge on any atom is -0.479 e. The van der Waals surface area contributed by atoms with Crippen LogP contribution in [-0.2, 0) is 20.5 Å². The Morgan fingerprint density at radius 3 is 2.41 bits per heavy atom. The number of halogens is 5. The fourth-order valence-electron chi connectivity index (χ4n) is 2.42.